The van der Waals surface area contributed by atoms with Crippen LogP contribution >= 0.6 is 11.8 Å². The zero-order valence-corrected chi connectivity index (χ0v) is 32.5. The van der Waals surface area contributed by atoms with E-state index in [1.807, 2.05) is 36.4 Å². The smallest absolute Gasteiger partial charge is 0.302 e. The summed E-state index contributed by atoms with van der Waals surface area (Å²) in [5.41, 5.74) is 1.71. The fraction of sp³-hybridized carbons (Fsp3) is 0.639. The van der Waals surface area contributed by atoms with Crippen molar-refractivity contribution in [3.63, 3.8) is 0 Å². The lowest BCUT2D eigenvalue weighted by molar-refractivity contribution is -0.217. The molecule has 1 heterocycles. The van der Waals surface area contributed by atoms with E-state index in [4.69, 9.17) is 23.1 Å². The quantitative estimate of drug-likeness (QED) is 0.146. The van der Waals surface area contributed by atoms with Crippen LogP contribution in [0.2, 0.25) is 34.8 Å². The zero-order valence-electron chi connectivity index (χ0n) is 29.7. The van der Waals surface area contributed by atoms with E-state index in [1.165, 1.54) is 6.92 Å². The maximum atomic E-state index is 12.2. The van der Waals surface area contributed by atoms with Gasteiger partial charge in [0.2, 0.25) is 8.32 Å². The van der Waals surface area contributed by atoms with Gasteiger partial charge in [-0.05, 0) is 52.5 Å². The Morgan fingerprint density at radius 2 is 1.36 bits per heavy atom. The summed E-state index contributed by atoms with van der Waals surface area (Å²) in [6, 6.07) is 20.5. The van der Waals surface area contributed by atoms with E-state index in [-0.39, 0.29) is 17.6 Å². The largest absolute Gasteiger partial charge is 0.463 e. The van der Waals surface area contributed by atoms with E-state index in [0.29, 0.717) is 23.2 Å². The molecule has 9 heteroatoms. The lowest BCUT2D eigenvalue weighted by atomic mass is 10.00. The first-order valence-corrected chi connectivity index (χ1v) is 22.4. The number of hydrogen-bond acceptors (Lipinski definition) is 7. The third kappa shape index (κ3) is 9.55. The number of rotatable bonds is 14. The third-order valence-corrected chi connectivity index (χ3v) is 21.3. The van der Waals surface area contributed by atoms with Gasteiger partial charge in [0, 0.05) is 11.8 Å². The molecule has 0 saturated carbocycles. The van der Waals surface area contributed by atoms with Crippen molar-refractivity contribution in [3.8, 4) is 0 Å². The molecule has 0 bridgehead atoms. The number of esters is 1. The average molecular weight is 675 g/mol. The molecule has 5 atom stereocenters. The summed E-state index contributed by atoms with van der Waals surface area (Å²) in [5, 5.41) is -0.0457. The first-order chi connectivity index (χ1) is 21.0. The highest BCUT2D eigenvalue weighted by molar-refractivity contribution is 7.99. The number of carbonyl (C=O) groups is 1. The highest BCUT2D eigenvalue weighted by atomic mass is 32.2. The molecule has 0 spiro atoms. The molecule has 1 saturated heterocycles. The highest BCUT2D eigenvalue weighted by Crippen LogP contribution is 2.48. The molecule has 252 valence electrons. The van der Waals surface area contributed by atoms with Gasteiger partial charge in [-0.1, -0.05) is 123 Å². The summed E-state index contributed by atoms with van der Waals surface area (Å²) >= 11 is 1.63. The van der Waals surface area contributed by atoms with Crippen molar-refractivity contribution in [3.05, 3.63) is 66.2 Å². The van der Waals surface area contributed by atoms with Crippen molar-refractivity contribution >= 4 is 34.4 Å². The molecule has 3 rings (SSSR count). The van der Waals surface area contributed by atoms with Gasteiger partial charge in [-0.2, -0.15) is 0 Å². The Bertz CT molecular complexity index is 1160. The van der Waals surface area contributed by atoms with E-state index in [9.17, 15) is 4.79 Å². The normalized spacial score (nSPS) is 23.1. The van der Waals surface area contributed by atoms with Crippen molar-refractivity contribution in [1.82, 2.24) is 0 Å². The first kappa shape index (κ1) is 38.0. The summed E-state index contributed by atoms with van der Waals surface area (Å²) in [6.07, 6.45) is -1.88. The molecular weight excluding hydrogens is 617 g/mol. The van der Waals surface area contributed by atoms with Gasteiger partial charge < -0.3 is 23.1 Å². The third-order valence-electron chi connectivity index (χ3n) is 9.61. The van der Waals surface area contributed by atoms with Crippen molar-refractivity contribution in [2.45, 2.75) is 145 Å². The Labute approximate surface area is 279 Å². The minimum Gasteiger partial charge on any atom is -0.463 e. The molecule has 1 aliphatic rings. The van der Waals surface area contributed by atoms with Crippen LogP contribution in [0.3, 0.4) is 0 Å². The number of carbonyl (C=O) groups excluding carboxylic acids is 1. The lowest BCUT2D eigenvalue weighted by Gasteiger charge is -2.54. The molecule has 0 radical (unpaired) electrons. The van der Waals surface area contributed by atoms with E-state index < -0.39 is 46.5 Å². The van der Waals surface area contributed by atoms with Gasteiger partial charge in [0.25, 0.3) is 0 Å². The highest BCUT2D eigenvalue weighted by Gasteiger charge is 2.56. The topological polar surface area (TPSA) is 63.2 Å². The maximum absolute atomic E-state index is 12.2. The van der Waals surface area contributed by atoms with E-state index in [0.717, 1.165) is 10.5 Å². The number of hydrogen-bond donors (Lipinski definition) is 0. The molecule has 0 unspecified atom stereocenters. The molecular formula is C36H58O6SSi2. The second-order valence-electron chi connectivity index (χ2n) is 14.8. The van der Waals surface area contributed by atoms with Crippen molar-refractivity contribution in [1.29, 1.82) is 0 Å². The van der Waals surface area contributed by atoms with Crippen LogP contribution in [0.5, 0.6) is 0 Å². The summed E-state index contributed by atoms with van der Waals surface area (Å²) in [5.74, 6) is -0.339. The maximum Gasteiger partial charge on any atom is 0.302 e. The number of benzene rings is 2. The summed E-state index contributed by atoms with van der Waals surface area (Å²) in [7, 11) is -4.79. The van der Waals surface area contributed by atoms with Gasteiger partial charge in [0.15, 0.2) is 8.32 Å². The average Bonchev–Trinajstić information content (AvgIpc) is 2.95. The van der Waals surface area contributed by atoms with Gasteiger partial charge in [0.05, 0.1) is 6.61 Å². The first-order valence-electron chi connectivity index (χ1n) is 16.5. The van der Waals surface area contributed by atoms with Gasteiger partial charge in [-0.15, -0.1) is 0 Å². The van der Waals surface area contributed by atoms with Crippen LogP contribution in [0.25, 0.3) is 0 Å². The van der Waals surface area contributed by atoms with Gasteiger partial charge in [0.1, 0.15) is 36.5 Å². The van der Waals surface area contributed by atoms with Crippen molar-refractivity contribution in [2.75, 3.05) is 6.61 Å². The molecule has 1 aliphatic heterocycles. The second-order valence-corrected chi connectivity index (χ2v) is 26.1. The van der Waals surface area contributed by atoms with Crippen LogP contribution in [0, 0.1) is 0 Å². The van der Waals surface area contributed by atoms with Crippen LogP contribution in [-0.4, -0.2) is 59.1 Å². The van der Waals surface area contributed by atoms with Crippen molar-refractivity contribution in [2.24, 2.45) is 0 Å². The lowest BCUT2D eigenvalue weighted by Crippen LogP contribution is -2.66. The molecule has 2 aromatic rings. The van der Waals surface area contributed by atoms with Crippen LogP contribution in [0.1, 0.15) is 74.8 Å². The molecule has 2 aromatic carbocycles. The van der Waals surface area contributed by atoms with Gasteiger partial charge in [-0.3, -0.25) is 4.79 Å². The van der Waals surface area contributed by atoms with Crippen LogP contribution < -0.4 is 0 Å². The van der Waals surface area contributed by atoms with Crippen molar-refractivity contribution < 1.29 is 27.9 Å². The van der Waals surface area contributed by atoms with Crippen LogP contribution in [0.4, 0.5) is 0 Å². The Morgan fingerprint density at radius 3 is 1.84 bits per heavy atom. The van der Waals surface area contributed by atoms with E-state index >= 15 is 0 Å². The molecule has 0 N–H and O–H groups in total. The second kappa shape index (κ2) is 16.1. The van der Waals surface area contributed by atoms with Gasteiger partial charge in [-0.25, -0.2) is 0 Å². The molecule has 1 fully saturated rings. The number of ether oxygens (including phenoxy) is 3. The fourth-order valence-electron chi connectivity index (χ4n) is 6.32. The summed E-state index contributed by atoms with van der Waals surface area (Å²) in [4.78, 5) is 13.2. The monoisotopic (exact) mass is 674 g/mol. The minimum atomic E-state index is -2.44. The predicted octanol–water partition coefficient (Wildman–Crippen LogP) is 9.60. The fourth-order valence-corrected chi connectivity index (χ4v) is 14.3. The Hall–Kier alpha value is -1.47. The minimum absolute atomic E-state index is 0.0457. The summed E-state index contributed by atoms with van der Waals surface area (Å²) in [6.45, 7) is 27.0. The van der Waals surface area contributed by atoms with Crippen LogP contribution in [-0.2, 0) is 34.5 Å². The number of thioether (sulfide) groups is 1. The Kier molecular flexibility index (Phi) is 13.6. The van der Waals surface area contributed by atoms with E-state index in [1.54, 1.807) is 11.8 Å². The molecule has 0 aromatic heterocycles. The van der Waals surface area contributed by atoms with Crippen LogP contribution in [0.15, 0.2) is 65.6 Å². The van der Waals surface area contributed by atoms with E-state index in [2.05, 4.69) is 99.7 Å². The summed E-state index contributed by atoms with van der Waals surface area (Å²) < 4.78 is 34.6. The molecule has 0 amide bonds. The Balaban J connectivity index is 2.21. The SMILES string of the molecule is CC(=O)OC[C@H]1O[C@H](Sc2ccccc2)[C@@H](OCc2ccccc2)[C@@H](O[Si](C)(C)C(C)(C)C)[C@@H]1O[Si](C(C)C)(C(C)C)C(C)C. The predicted molar refractivity (Wildman–Crippen MR) is 191 cm³/mol. The standard InChI is InChI=1S/C36H58O6SSi2/c1-25(2)45(26(3)4,27(5)6)42-32-31(24-38-28(7)37)40-35(43-30-21-17-14-18-22-30)34(39-23-29-19-15-13-16-20-29)33(32)41-44(11,12)36(8,9)10/h13-22,25-27,31-35H,23-24H2,1-12H3/t31-,32-,33+,34+,35-/m1/s1. The van der Waals surface area contributed by atoms with Gasteiger partial charge >= 0.3 is 5.97 Å². The Morgan fingerprint density at radius 1 is 0.822 bits per heavy atom. The molecule has 45 heavy (non-hydrogen) atoms. The molecule has 6 nitrogen and oxygen atoms in total. The molecule has 0 aliphatic carbocycles. The zero-order chi connectivity index (χ0) is 33.6.